The summed E-state index contributed by atoms with van der Waals surface area (Å²) in [4.78, 5) is 26.9. The molecule has 7 heteroatoms. The molecular weight excluding hydrogens is 423 g/mol. The predicted molar refractivity (Wildman–Crippen MR) is 119 cm³/mol. The quantitative estimate of drug-likeness (QED) is 0.435. The number of hydrazine groups is 1. The van der Waals surface area contributed by atoms with Crippen molar-refractivity contribution >= 4 is 52.0 Å². The Morgan fingerprint density at radius 1 is 0.700 bits per heavy atom. The van der Waals surface area contributed by atoms with Gasteiger partial charge in [0, 0.05) is 10.0 Å². The van der Waals surface area contributed by atoms with Crippen LogP contribution in [-0.4, -0.2) is 16.9 Å². The number of phenolic OH excluding ortho intramolecular Hbond substituents is 1. The average Bonchev–Trinajstić information content (AvgIpc) is 2.99. The Morgan fingerprint density at radius 2 is 1.10 bits per heavy atom. The summed E-state index contributed by atoms with van der Waals surface area (Å²) >= 11 is 12.0. The lowest BCUT2D eigenvalue weighted by molar-refractivity contribution is -0.116. The van der Waals surface area contributed by atoms with Gasteiger partial charge in [-0.05, 0) is 78.7 Å². The van der Waals surface area contributed by atoms with Crippen LogP contribution in [0.3, 0.4) is 0 Å². The molecule has 0 saturated carbocycles. The zero-order chi connectivity index (χ0) is 21.4. The van der Waals surface area contributed by atoms with E-state index in [1.54, 1.807) is 67.6 Å². The van der Waals surface area contributed by atoms with Crippen molar-refractivity contribution in [3.05, 3.63) is 94.0 Å². The number of allylic oxidation sites excluding steroid dienone is 1. The van der Waals surface area contributed by atoms with Gasteiger partial charge >= 0.3 is 0 Å². The van der Waals surface area contributed by atoms with Gasteiger partial charge in [0.25, 0.3) is 11.8 Å². The zero-order valence-corrected chi connectivity index (χ0v) is 17.4. The molecule has 0 aliphatic carbocycles. The van der Waals surface area contributed by atoms with Crippen LogP contribution in [0.5, 0.6) is 5.75 Å². The first-order chi connectivity index (χ1) is 14.4. The van der Waals surface area contributed by atoms with Crippen LogP contribution in [0, 0.1) is 0 Å². The normalized spacial score (nSPS) is 13.9. The van der Waals surface area contributed by atoms with Crippen LogP contribution in [0.4, 0.5) is 11.4 Å². The predicted octanol–water partition coefficient (Wildman–Crippen LogP) is 5.47. The van der Waals surface area contributed by atoms with E-state index >= 15 is 0 Å². The third-order valence-electron chi connectivity index (χ3n) is 4.83. The molecule has 0 radical (unpaired) electrons. The van der Waals surface area contributed by atoms with Crippen LogP contribution in [0.2, 0.25) is 10.0 Å². The van der Waals surface area contributed by atoms with Gasteiger partial charge in [0.2, 0.25) is 0 Å². The van der Waals surface area contributed by atoms with Gasteiger partial charge in [-0.15, -0.1) is 0 Å². The molecule has 1 aliphatic rings. The Bertz CT molecular complexity index is 1090. The topological polar surface area (TPSA) is 60.9 Å². The molecule has 4 rings (SSSR count). The molecular formula is C23H16Cl2N2O3. The first-order valence-corrected chi connectivity index (χ1v) is 9.82. The summed E-state index contributed by atoms with van der Waals surface area (Å²) in [5.41, 5.74) is 2.23. The molecule has 0 bridgehead atoms. The van der Waals surface area contributed by atoms with E-state index in [0.29, 0.717) is 32.6 Å². The number of amides is 2. The summed E-state index contributed by atoms with van der Waals surface area (Å²) in [5, 5.41) is 13.2. The standard InChI is InChI=1S/C23H16Cl2N2O3/c1-14(15-2-12-20(28)13-3-15)21-22(29)26(18-8-4-16(24)5-9-18)27(23(21)30)19-10-6-17(25)7-11-19/h2-13,28H,1H3. The van der Waals surface area contributed by atoms with E-state index in [4.69, 9.17) is 23.2 Å². The molecule has 0 aromatic heterocycles. The highest BCUT2D eigenvalue weighted by atomic mass is 35.5. The lowest BCUT2D eigenvalue weighted by Crippen LogP contribution is -2.41. The third-order valence-corrected chi connectivity index (χ3v) is 5.33. The second-order valence-corrected chi connectivity index (χ2v) is 7.61. The van der Waals surface area contributed by atoms with Crippen molar-refractivity contribution in [2.45, 2.75) is 6.92 Å². The molecule has 1 N–H and O–H groups in total. The van der Waals surface area contributed by atoms with Crippen LogP contribution < -0.4 is 10.0 Å². The molecule has 0 atom stereocenters. The van der Waals surface area contributed by atoms with Crippen LogP contribution >= 0.6 is 23.2 Å². The van der Waals surface area contributed by atoms with E-state index in [1.165, 1.54) is 22.2 Å². The van der Waals surface area contributed by atoms with Gasteiger partial charge in [0.05, 0.1) is 11.4 Å². The molecule has 2 amide bonds. The van der Waals surface area contributed by atoms with Crippen molar-refractivity contribution in [1.82, 2.24) is 0 Å². The number of halogens is 2. The van der Waals surface area contributed by atoms with Gasteiger partial charge in [0.15, 0.2) is 0 Å². The fourth-order valence-electron chi connectivity index (χ4n) is 3.29. The maximum Gasteiger partial charge on any atom is 0.283 e. The number of phenols is 1. The van der Waals surface area contributed by atoms with Crippen molar-refractivity contribution in [1.29, 1.82) is 0 Å². The highest BCUT2D eigenvalue weighted by Gasteiger charge is 2.44. The number of nitrogens with zero attached hydrogens (tertiary/aromatic N) is 2. The minimum absolute atomic E-state index is 0.0468. The number of anilines is 2. The SMILES string of the molecule is CC(=C1C(=O)N(c2ccc(Cl)cc2)N(c2ccc(Cl)cc2)C1=O)c1ccc(O)cc1. The van der Waals surface area contributed by atoms with Crippen molar-refractivity contribution in [2.24, 2.45) is 0 Å². The molecule has 1 saturated heterocycles. The molecule has 0 spiro atoms. The average molecular weight is 439 g/mol. The summed E-state index contributed by atoms with van der Waals surface area (Å²) in [5.74, 6) is -0.808. The van der Waals surface area contributed by atoms with Crippen LogP contribution in [-0.2, 0) is 9.59 Å². The van der Waals surface area contributed by atoms with Crippen molar-refractivity contribution in [3.63, 3.8) is 0 Å². The minimum Gasteiger partial charge on any atom is -0.508 e. The Balaban J connectivity index is 1.88. The van der Waals surface area contributed by atoms with E-state index in [2.05, 4.69) is 0 Å². The second kappa shape index (κ2) is 7.86. The van der Waals surface area contributed by atoms with Crippen LogP contribution in [0.25, 0.3) is 5.57 Å². The van der Waals surface area contributed by atoms with Crippen LogP contribution in [0.1, 0.15) is 12.5 Å². The first kappa shape index (κ1) is 20.0. The zero-order valence-electron chi connectivity index (χ0n) is 15.8. The Morgan fingerprint density at radius 3 is 1.50 bits per heavy atom. The van der Waals surface area contributed by atoms with Gasteiger partial charge in [-0.25, -0.2) is 10.0 Å². The number of carbonyl (C=O) groups excluding carboxylic acids is 2. The molecule has 150 valence electrons. The number of hydrogen-bond acceptors (Lipinski definition) is 3. The molecule has 3 aromatic rings. The van der Waals surface area contributed by atoms with E-state index in [9.17, 15) is 14.7 Å². The highest BCUT2D eigenvalue weighted by molar-refractivity contribution is 6.39. The van der Waals surface area contributed by atoms with Gasteiger partial charge in [0.1, 0.15) is 11.3 Å². The lowest BCUT2D eigenvalue weighted by atomic mass is 10.0. The molecule has 0 unspecified atom stereocenters. The number of benzene rings is 3. The maximum atomic E-state index is 13.4. The van der Waals surface area contributed by atoms with Crippen molar-refractivity contribution in [2.75, 3.05) is 10.0 Å². The van der Waals surface area contributed by atoms with E-state index < -0.39 is 11.8 Å². The van der Waals surface area contributed by atoms with E-state index in [-0.39, 0.29) is 11.3 Å². The minimum atomic E-state index is -0.456. The first-order valence-electron chi connectivity index (χ1n) is 9.07. The third kappa shape index (κ3) is 3.54. The molecule has 1 fully saturated rings. The van der Waals surface area contributed by atoms with Gasteiger partial charge in [-0.1, -0.05) is 35.3 Å². The Hall–Kier alpha value is -3.28. The highest BCUT2D eigenvalue weighted by Crippen LogP contribution is 2.35. The molecule has 30 heavy (non-hydrogen) atoms. The number of carbonyl (C=O) groups is 2. The maximum absolute atomic E-state index is 13.4. The monoisotopic (exact) mass is 438 g/mol. The smallest absolute Gasteiger partial charge is 0.283 e. The second-order valence-electron chi connectivity index (χ2n) is 6.73. The van der Waals surface area contributed by atoms with Gasteiger partial charge in [-0.3, -0.25) is 9.59 Å². The largest absolute Gasteiger partial charge is 0.508 e. The molecule has 1 aliphatic heterocycles. The van der Waals surface area contributed by atoms with Crippen molar-refractivity contribution in [3.8, 4) is 5.75 Å². The molecule has 3 aromatic carbocycles. The van der Waals surface area contributed by atoms with Gasteiger partial charge < -0.3 is 5.11 Å². The molecule has 1 heterocycles. The summed E-state index contributed by atoms with van der Waals surface area (Å²) in [6.07, 6.45) is 0. The number of rotatable bonds is 3. The summed E-state index contributed by atoms with van der Waals surface area (Å²) in [7, 11) is 0. The summed E-state index contributed by atoms with van der Waals surface area (Å²) in [6, 6.07) is 19.7. The lowest BCUT2D eigenvalue weighted by Gasteiger charge is -2.27. The Labute approximate surface area is 183 Å². The molecule has 5 nitrogen and oxygen atoms in total. The van der Waals surface area contributed by atoms with Crippen molar-refractivity contribution < 1.29 is 14.7 Å². The van der Waals surface area contributed by atoms with Crippen LogP contribution in [0.15, 0.2) is 78.4 Å². The van der Waals surface area contributed by atoms with E-state index in [1.807, 2.05) is 0 Å². The summed E-state index contributed by atoms with van der Waals surface area (Å²) in [6.45, 7) is 1.71. The van der Waals surface area contributed by atoms with Gasteiger partial charge in [-0.2, -0.15) is 0 Å². The Kier molecular flexibility index (Phi) is 5.24. The number of hydrogen-bond donors (Lipinski definition) is 1. The number of aromatic hydroxyl groups is 1. The van der Waals surface area contributed by atoms with E-state index in [0.717, 1.165) is 0 Å². The fraction of sp³-hybridized carbons (Fsp3) is 0.0435. The summed E-state index contributed by atoms with van der Waals surface area (Å²) < 4.78 is 0. The fourth-order valence-corrected chi connectivity index (χ4v) is 3.54.